The summed E-state index contributed by atoms with van der Waals surface area (Å²) in [6.45, 7) is 1.73. The third-order valence-electron chi connectivity index (χ3n) is 0.724. The van der Waals surface area contributed by atoms with Crippen LogP contribution in [0.4, 0.5) is 0 Å². The van der Waals surface area contributed by atoms with Gasteiger partial charge in [-0.25, -0.2) is 0 Å². The fraction of sp³-hybridized carbons (Fsp3) is 0.800. The number of carbonyl (C=O) groups excluding carboxylic acids is 1. The van der Waals surface area contributed by atoms with Crippen molar-refractivity contribution in [3.63, 3.8) is 0 Å². The van der Waals surface area contributed by atoms with Crippen LogP contribution in [0.2, 0.25) is 0 Å². The van der Waals surface area contributed by atoms with Crippen LogP contribution in [0.25, 0.3) is 0 Å². The molecule has 0 bridgehead atoms. The molecule has 0 unspecified atom stereocenters. The standard InChI is InChI=1S/C5H11NO2/c1-6(2)3-4-8-5-7/h5H,3-4H2,1-2H3. The molecule has 0 radical (unpaired) electrons. The van der Waals surface area contributed by atoms with Gasteiger partial charge in [-0.3, -0.25) is 4.79 Å². The van der Waals surface area contributed by atoms with E-state index in [9.17, 15) is 4.79 Å². The molecular formula is C5H11NO2. The van der Waals surface area contributed by atoms with Gasteiger partial charge in [0.05, 0.1) is 0 Å². The Morgan fingerprint density at radius 2 is 2.25 bits per heavy atom. The summed E-state index contributed by atoms with van der Waals surface area (Å²) in [5.41, 5.74) is 0. The first-order valence-corrected chi connectivity index (χ1v) is 2.47. The Bertz CT molecular complexity index is 63.4. The minimum absolute atomic E-state index is 0.462. The molecule has 0 aliphatic heterocycles. The van der Waals surface area contributed by atoms with E-state index in [-0.39, 0.29) is 0 Å². The highest BCUT2D eigenvalue weighted by atomic mass is 16.5. The first-order valence-electron chi connectivity index (χ1n) is 2.47. The molecule has 0 amide bonds. The van der Waals surface area contributed by atoms with Crippen LogP contribution in [0, 0.1) is 0 Å². The predicted octanol–water partition coefficient (Wildman–Crippen LogP) is -0.279. The van der Waals surface area contributed by atoms with E-state index >= 15 is 0 Å². The lowest BCUT2D eigenvalue weighted by Gasteiger charge is -2.06. The smallest absolute Gasteiger partial charge is 0.293 e. The van der Waals surface area contributed by atoms with E-state index in [2.05, 4.69) is 4.74 Å². The summed E-state index contributed by atoms with van der Waals surface area (Å²) in [4.78, 5) is 11.5. The number of ether oxygens (including phenoxy) is 1. The fourth-order valence-electron chi connectivity index (χ4n) is 0.283. The van der Waals surface area contributed by atoms with Crippen LogP contribution in [0.1, 0.15) is 0 Å². The summed E-state index contributed by atoms with van der Waals surface area (Å²) >= 11 is 0. The highest BCUT2D eigenvalue weighted by Crippen LogP contribution is 1.72. The first-order chi connectivity index (χ1) is 3.77. The predicted molar refractivity (Wildman–Crippen MR) is 30.6 cm³/mol. The van der Waals surface area contributed by atoms with Crippen molar-refractivity contribution in [2.45, 2.75) is 0 Å². The van der Waals surface area contributed by atoms with Crippen molar-refractivity contribution < 1.29 is 9.53 Å². The molecular weight excluding hydrogens is 106 g/mol. The van der Waals surface area contributed by atoms with Crippen molar-refractivity contribution in [1.29, 1.82) is 0 Å². The number of hydrogen-bond donors (Lipinski definition) is 0. The van der Waals surface area contributed by atoms with E-state index in [1.165, 1.54) is 0 Å². The number of nitrogens with zero attached hydrogens (tertiary/aromatic N) is 1. The molecule has 0 heterocycles. The zero-order valence-electron chi connectivity index (χ0n) is 5.26. The largest absolute Gasteiger partial charge is 0.467 e. The molecule has 0 saturated heterocycles. The lowest BCUT2D eigenvalue weighted by atomic mass is 10.6. The zero-order chi connectivity index (χ0) is 6.41. The Morgan fingerprint density at radius 3 is 2.62 bits per heavy atom. The first kappa shape index (κ1) is 7.43. The minimum atomic E-state index is 0.462. The molecule has 0 saturated carbocycles. The minimum Gasteiger partial charge on any atom is -0.467 e. The van der Waals surface area contributed by atoms with Crippen molar-refractivity contribution in [3.05, 3.63) is 0 Å². The highest BCUT2D eigenvalue weighted by Gasteiger charge is 1.86. The Balaban J connectivity index is 2.81. The van der Waals surface area contributed by atoms with Gasteiger partial charge in [-0.05, 0) is 14.1 Å². The van der Waals surface area contributed by atoms with Crippen LogP contribution in [-0.2, 0) is 9.53 Å². The summed E-state index contributed by atoms with van der Waals surface area (Å²) in [5, 5.41) is 0. The molecule has 0 aliphatic rings. The quantitative estimate of drug-likeness (QED) is 0.374. The number of hydrogen-bond acceptors (Lipinski definition) is 3. The highest BCUT2D eigenvalue weighted by molar-refractivity contribution is 5.36. The summed E-state index contributed by atoms with van der Waals surface area (Å²) in [5.74, 6) is 0. The van der Waals surface area contributed by atoms with Crippen molar-refractivity contribution in [2.75, 3.05) is 27.2 Å². The van der Waals surface area contributed by atoms with Crippen LogP contribution in [0.15, 0.2) is 0 Å². The summed E-state index contributed by atoms with van der Waals surface area (Å²) < 4.78 is 4.42. The van der Waals surface area contributed by atoms with Gasteiger partial charge < -0.3 is 9.64 Å². The number of carbonyl (C=O) groups is 1. The van der Waals surface area contributed by atoms with Gasteiger partial charge >= 0.3 is 0 Å². The molecule has 0 atom stereocenters. The van der Waals surface area contributed by atoms with Gasteiger partial charge in [-0.2, -0.15) is 0 Å². The van der Waals surface area contributed by atoms with Gasteiger partial charge in [0.2, 0.25) is 0 Å². The maximum absolute atomic E-state index is 9.55. The second kappa shape index (κ2) is 4.59. The number of rotatable bonds is 4. The molecule has 0 fully saturated rings. The maximum atomic E-state index is 9.55. The van der Waals surface area contributed by atoms with Crippen molar-refractivity contribution in [1.82, 2.24) is 4.90 Å². The molecule has 0 rings (SSSR count). The molecule has 3 nitrogen and oxygen atoms in total. The SMILES string of the molecule is CN(C)CCOC=O. The Labute approximate surface area is 49.2 Å². The normalized spacial score (nSPS) is 9.38. The van der Waals surface area contributed by atoms with Crippen LogP contribution < -0.4 is 0 Å². The van der Waals surface area contributed by atoms with Crippen LogP contribution >= 0.6 is 0 Å². The average Bonchev–Trinajstić information content (AvgIpc) is 1.66. The summed E-state index contributed by atoms with van der Waals surface area (Å²) in [7, 11) is 3.85. The Kier molecular flexibility index (Phi) is 4.26. The van der Waals surface area contributed by atoms with Gasteiger partial charge in [0.15, 0.2) is 0 Å². The molecule has 0 aliphatic carbocycles. The summed E-state index contributed by atoms with van der Waals surface area (Å²) in [6.07, 6.45) is 0. The molecule has 3 heteroatoms. The monoisotopic (exact) mass is 117 g/mol. The molecule has 0 spiro atoms. The van der Waals surface area contributed by atoms with Gasteiger partial charge in [0, 0.05) is 6.54 Å². The van der Waals surface area contributed by atoms with Crippen molar-refractivity contribution in [3.8, 4) is 0 Å². The summed E-state index contributed by atoms with van der Waals surface area (Å²) in [6, 6.07) is 0. The lowest BCUT2D eigenvalue weighted by molar-refractivity contribution is -0.128. The van der Waals surface area contributed by atoms with Crippen molar-refractivity contribution >= 4 is 6.47 Å². The van der Waals surface area contributed by atoms with Crippen LogP contribution in [-0.4, -0.2) is 38.6 Å². The van der Waals surface area contributed by atoms with E-state index in [4.69, 9.17) is 0 Å². The van der Waals surface area contributed by atoms with E-state index in [0.717, 1.165) is 6.54 Å². The molecule has 0 aromatic carbocycles. The Hall–Kier alpha value is -0.570. The third kappa shape index (κ3) is 5.43. The lowest BCUT2D eigenvalue weighted by Crippen LogP contribution is -2.17. The zero-order valence-corrected chi connectivity index (χ0v) is 5.26. The van der Waals surface area contributed by atoms with Gasteiger partial charge in [0.1, 0.15) is 6.61 Å². The molecule has 0 aromatic rings. The van der Waals surface area contributed by atoms with Crippen LogP contribution in [0.3, 0.4) is 0 Å². The van der Waals surface area contributed by atoms with E-state index in [0.29, 0.717) is 13.1 Å². The van der Waals surface area contributed by atoms with E-state index in [1.54, 1.807) is 0 Å². The van der Waals surface area contributed by atoms with E-state index in [1.807, 2.05) is 19.0 Å². The molecule has 48 valence electrons. The topological polar surface area (TPSA) is 29.5 Å². The Morgan fingerprint density at radius 1 is 1.62 bits per heavy atom. The van der Waals surface area contributed by atoms with Gasteiger partial charge in [-0.1, -0.05) is 0 Å². The second-order valence-electron chi connectivity index (χ2n) is 1.77. The average molecular weight is 117 g/mol. The number of likely N-dealkylation sites (N-methyl/N-ethyl adjacent to an activating group) is 1. The van der Waals surface area contributed by atoms with Crippen molar-refractivity contribution in [2.24, 2.45) is 0 Å². The van der Waals surface area contributed by atoms with Crippen LogP contribution in [0.5, 0.6) is 0 Å². The molecule has 0 N–H and O–H groups in total. The molecule has 8 heavy (non-hydrogen) atoms. The van der Waals surface area contributed by atoms with Gasteiger partial charge in [-0.15, -0.1) is 0 Å². The third-order valence-corrected chi connectivity index (χ3v) is 0.724. The fourth-order valence-corrected chi connectivity index (χ4v) is 0.283. The maximum Gasteiger partial charge on any atom is 0.293 e. The van der Waals surface area contributed by atoms with Gasteiger partial charge in [0.25, 0.3) is 6.47 Å². The molecule has 0 aromatic heterocycles. The van der Waals surface area contributed by atoms with E-state index < -0.39 is 0 Å². The second-order valence-corrected chi connectivity index (χ2v) is 1.77.